The standard InChI is InChI=1S/C11H13NO2/c1-11(2)6-12-10(14)8-4-3-7(13)5-9(8)11/h3-5,13H,6H2,1-2H3,(H,12,14). The zero-order valence-corrected chi connectivity index (χ0v) is 8.29. The topological polar surface area (TPSA) is 49.3 Å². The van der Waals surface area contributed by atoms with Gasteiger partial charge in [0.15, 0.2) is 0 Å². The molecule has 14 heavy (non-hydrogen) atoms. The summed E-state index contributed by atoms with van der Waals surface area (Å²) in [5.41, 5.74) is 1.47. The molecule has 0 radical (unpaired) electrons. The van der Waals surface area contributed by atoms with Gasteiger partial charge in [-0.15, -0.1) is 0 Å². The van der Waals surface area contributed by atoms with Crippen LogP contribution in [0.15, 0.2) is 18.2 Å². The Morgan fingerprint density at radius 3 is 2.86 bits per heavy atom. The van der Waals surface area contributed by atoms with Crippen molar-refractivity contribution in [2.45, 2.75) is 19.3 Å². The second kappa shape index (κ2) is 2.74. The Balaban J connectivity index is 2.64. The van der Waals surface area contributed by atoms with Crippen molar-refractivity contribution >= 4 is 5.91 Å². The van der Waals surface area contributed by atoms with Gasteiger partial charge in [-0.25, -0.2) is 0 Å². The third-order valence-electron chi connectivity index (χ3n) is 2.67. The lowest BCUT2D eigenvalue weighted by atomic mass is 9.79. The minimum absolute atomic E-state index is 0.0562. The number of carbonyl (C=O) groups excluding carboxylic acids is 1. The Hall–Kier alpha value is -1.51. The van der Waals surface area contributed by atoms with E-state index in [4.69, 9.17) is 0 Å². The molecular formula is C11H13NO2. The minimum Gasteiger partial charge on any atom is -0.508 e. The monoisotopic (exact) mass is 191 g/mol. The Morgan fingerprint density at radius 2 is 2.14 bits per heavy atom. The maximum Gasteiger partial charge on any atom is 0.251 e. The lowest BCUT2D eigenvalue weighted by Gasteiger charge is -2.32. The van der Waals surface area contributed by atoms with E-state index in [1.165, 1.54) is 0 Å². The molecular weight excluding hydrogens is 178 g/mol. The maximum atomic E-state index is 11.5. The smallest absolute Gasteiger partial charge is 0.251 e. The summed E-state index contributed by atoms with van der Waals surface area (Å²) >= 11 is 0. The average molecular weight is 191 g/mol. The van der Waals surface area contributed by atoms with Crippen LogP contribution in [-0.2, 0) is 5.41 Å². The largest absolute Gasteiger partial charge is 0.508 e. The van der Waals surface area contributed by atoms with Crippen LogP contribution in [-0.4, -0.2) is 17.6 Å². The van der Waals surface area contributed by atoms with E-state index in [-0.39, 0.29) is 17.1 Å². The third kappa shape index (κ3) is 1.25. The fourth-order valence-electron chi connectivity index (χ4n) is 1.78. The number of rotatable bonds is 0. The van der Waals surface area contributed by atoms with Crippen LogP contribution in [0.3, 0.4) is 0 Å². The summed E-state index contributed by atoms with van der Waals surface area (Å²) in [6, 6.07) is 4.88. The number of fused-ring (bicyclic) bond motifs is 1. The van der Waals surface area contributed by atoms with Crippen LogP contribution < -0.4 is 5.32 Å². The molecule has 74 valence electrons. The molecule has 1 aliphatic rings. The molecule has 2 N–H and O–H groups in total. The average Bonchev–Trinajstić information content (AvgIpc) is 2.12. The Kier molecular flexibility index (Phi) is 1.77. The first-order chi connectivity index (χ1) is 6.50. The lowest BCUT2D eigenvalue weighted by Crippen LogP contribution is -2.43. The number of hydrogen-bond acceptors (Lipinski definition) is 2. The first-order valence-electron chi connectivity index (χ1n) is 4.62. The van der Waals surface area contributed by atoms with Gasteiger partial charge in [-0.3, -0.25) is 4.79 Å². The van der Waals surface area contributed by atoms with Gasteiger partial charge in [0.2, 0.25) is 0 Å². The van der Waals surface area contributed by atoms with Crippen LogP contribution in [0.25, 0.3) is 0 Å². The Bertz CT molecular complexity index is 396. The van der Waals surface area contributed by atoms with E-state index in [0.29, 0.717) is 12.1 Å². The second-order valence-corrected chi connectivity index (χ2v) is 4.30. The Morgan fingerprint density at radius 1 is 1.43 bits per heavy atom. The van der Waals surface area contributed by atoms with E-state index >= 15 is 0 Å². The molecule has 1 aromatic carbocycles. The predicted molar refractivity (Wildman–Crippen MR) is 53.5 cm³/mol. The third-order valence-corrected chi connectivity index (χ3v) is 2.67. The molecule has 0 aliphatic carbocycles. The van der Waals surface area contributed by atoms with Gasteiger partial charge in [0, 0.05) is 17.5 Å². The number of phenols is 1. The second-order valence-electron chi connectivity index (χ2n) is 4.30. The summed E-state index contributed by atoms with van der Waals surface area (Å²) < 4.78 is 0. The zero-order chi connectivity index (χ0) is 10.3. The molecule has 1 aromatic rings. The highest BCUT2D eigenvalue weighted by Gasteiger charge is 2.31. The number of nitrogens with one attached hydrogen (secondary N) is 1. The van der Waals surface area contributed by atoms with Gasteiger partial charge >= 0.3 is 0 Å². The summed E-state index contributed by atoms with van der Waals surface area (Å²) in [6.45, 7) is 4.71. The number of amides is 1. The molecule has 3 nitrogen and oxygen atoms in total. The fourth-order valence-corrected chi connectivity index (χ4v) is 1.78. The van der Waals surface area contributed by atoms with Gasteiger partial charge in [0.1, 0.15) is 5.75 Å². The predicted octanol–water partition coefficient (Wildman–Crippen LogP) is 1.41. The maximum absolute atomic E-state index is 11.5. The van der Waals surface area contributed by atoms with Crippen LogP contribution in [0.1, 0.15) is 29.8 Å². The van der Waals surface area contributed by atoms with E-state index in [1.54, 1.807) is 18.2 Å². The van der Waals surface area contributed by atoms with Crippen LogP contribution in [0.5, 0.6) is 5.75 Å². The van der Waals surface area contributed by atoms with Gasteiger partial charge in [-0.05, 0) is 23.8 Å². The molecule has 0 unspecified atom stereocenters. The normalized spacial score (nSPS) is 18.6. The van der Waals surface area contributed by atoms with Gasteiger partial charge in [-0.2, -0.15) is 0 Å². The van der Waals surface area contributed by atoms with Gasteiger partial charge in [0.05, 0.1) is 0 Å². The number of carbonyl (C=O) groups is 1. The van der Waals surface area contributed by atoms with Crippen molar-refractivity contribution < 1.29 is 9.90 Å². The van der Waals surface area contributed by atoms with Crippen LogP contribution >= 0.6 is 0 Å². The van der Waals surface area contributed by atoms with E-state index < -0.39 is 0 Å². The summed E-state index contributed by atoms with van der Waals surface area (Å²) in [5.74, 6) is 0.158. The number of benzene rings is 1. The molecule has 0 bridgehead atoms. The van der Waals surface area contributed by atoms with E-state index in [1.807, 2.05) is 13.8 Å². The van der Waals surface area contributed by atoms with Crippen molar-refractivity contribution in [1.29, 1.82) is 0 Å². The highest BCUT2D eigenvalue weighted by atomic mass is 16.3. The number of aromatic hydroxyl groups is 1. The quantitative estimate of drug-likeness (QED) is 0.651. The molecule has 0 saturated heterocycles. The lowest BCUT2D eigenvalue weighted by molar-refractivity contribution is 0.0930. The molecule has 3 heteroatoms. The van der Waals surface area contributed by atoms with Crippen LogP contribution in [0, 0.1) is 0 Å². The molecule has 0 fully saturated rings. The number of hydrogen-bond donors (Lipinski definition) is 2. The minimum atomic E-state index is -0.109. The van der Waals surface area contributed by atoms with E-state index in [9.17, 15) is 9.90 Å². The van der Waals surface area contributed by atoms with Crippen molar-refractivity contribution in [3.63, 3.8) is 0 Å². The first kappa shape index (κ1) is 9.06. The molecule has 1 heterocycles. The van der Waals surface area contributed by atoms with Gasteiger partial charge < -0.3 is 10.4 Å². The summed E-state index contributed by atoms with van der Waals surface area (Å²) in [5, 5.41) is 12.2. The molecule has 0 saturated carbocycles. The summed E-state index contributed by atoms with van der Waals surface area (Å²) in [4.78, 5) is 11.5. The molecule has 2 rings (SSSR count). The summed E-state index contributed by atoms with van der Waals surface area (Å²) in [7, 11) is 0. The van der Waals surface area contributed by atoms with Gasteiger partial charge in [-0.1, -0.05) is 13.8 Å². The van der Waals surface area contributed by atoms with Crippen LogP contribution in [0.2, 0.25) is 0 Å². The molecule has 1 aliphatic heterocycles. The van der Waals surface area contributed by atoms with Crippen molar-refractivity contribution in [2.24, 2.45) is 0 Å². The molecule has 0 aromatic heterocycles. The van der Waals surface area contributed by atoms with Crippen molar-refractivity contribution in [3.8, 4) is 5.75 Å². The molecule has 0 atom stereocenters. The molecule has 1 amide bonds. The van der Waals surface area contributed by atoms with Crippen molar-refractivity contribution in [3.05, 3.63) is 29.3 Å². The first-order valence-corrected chi connectivity index (χ1v) is 4.62. The molecule has 0 spiro atoms. The van der Waals surface area contributed by atoms with E-state index in [2.05, 4.69) is 5.32 Å². The Labute approximate surface area is 82.8 Å². The van der Waals surface area contributed by atoms with E-state index in [0.717, 1.165) is 5.56 Å². The number of phenolic OH excluding ortho intramolecular Hbond substituents is 1. The summed E-state index contributed by atoms with van der Waals surface area (Å²) in [6.07, 6.45) is 0. The fraction of sp³-hybridized carbons (Fsp3) is 0.364. The van der Waals surface area contributed by atoms with Crippen molar-refractivity contribution in [2.75, 3.05) is 6.54 Å². The highest BCUT2D eigenvalue weighted by Crippen LogP contribution is 2.31. The van der Waals surface area contributed by atoms with Crippen LogP contribution in [0.4, 0.5) is 0 Å². The van der Waals surface area contributed by atoms with Gasteiger partial charge in [0.25, 0.3) is 5.91 Å². The zero-order valence-electron chi connectivity index (χ0n) is 8.29. The SMILES string of the molecule is CC1(C)CNC(=O)c2ccc(O)cc21. The van der Waals surface area contributed by atoms with Crippen molar-refractivity contribution in [1.82, 2.24) is 5.32 Å². The highest BCUT2D eigenvalue weighted by molar-refractivity contribution is 5.97.